The molecule has 0 spiro atoms. The molecule has 0 aliphatic rings. The second-order valence-electron chi connectivity index (χ2n) is 4.43. The zero-order valence-corrected chi connectivity index (χ0v) is 12.9. The van der Waals surface area contributed by atoms with Crippen LogP contribution in [0.25, 0.3) is 11.1 Å². The summed E-state index contributed by atoms with van der Waals surface area (Å²) in [5.41, 5.74) is 2.55. The van der Waals surface area contributed by atoms with Gasteiger partial charge in [-0.2, -0.15) is 11.6 Å². The first kappa shape index (κ1) is 15.9. The minimum absolute atomic E-state index is 1.15. The first-order chi connectivity index (χ1) is 9.24. The molecule has 0 unspecified atom stereocenters. The Kier molecular flexibility index (Phi) is 8.11. The molecule has 0 saturated heterocycles. The minimum atomic E-state index is 1.15. The molecule has 0 radical (unpaired) electrons. The maximum Gasteiger partial charge on any atom is 0.272 e. The summed E-state index contributed by atoms with van der Waals surface area (Å²) >= 11 is 1.94. The minimum Gasteiger partial charge on any atom is -0.341 e. The fourth-order valence-corrected chi connectivity index (χ4v) is 2.08. The highest BCUT2D eigenvalue weighted by Crippen LogP contribution is 2.17. The van der Waals surface area contributed by atoms with Crippen LogP contribution < -0.4 is 0 Å². The first-order valence-electron chi connectivity index (χ1n) is 6.57. The Morgan fingerprint density at radius 2 is 1.26 bits per heavy atom. The van der Waals surface area contributed by atoms with Gasteiger partial charge in [0.15, 0.2) is 0 Å². The summed E-state index contributed by atoms with van der Waals surface area (Å²) in [6.45, 7) is 3.32. The van der Waals surface area contributed by atoms with Crippen LogP contribution >= 0.6 is 11.6 Å². The SMILES string of the molecule is CCSBN(C)C.c1ccc(-c2ccccc2)cc1. The van der Waals surface area contributed by atoms with Crippen molar-refractivity contribution in [1.29, 1.82) is 0 Å². The molecule has 100 valence electrons. The molecule has 0 saturated carbocycles. The average Bonchev–Trinajstić information content (AvgIpc) is 2.47. The molecule has 19 heavy (non-hydrogen) atoms. The zero-order valence-electron chi connectivity index (χ0n) is 12.0. The summed E-state index contributed by atoms with van der Waals surface area (Å²) in [4.78, 5) is 2.17. The van der Waals surface area contributed by atoms with Crippen molar-refractivity contribution in [3.8, 4) is 11.1 Å². The Morgan fingerprint density at radius 1 is 0.842 bits per heavy atom. The molecule has 0 aromatic heterocycles. The predicted octanol–water partition coefficient (Wildman–Crippen LogP) is 3.92. The summed E-state index contributed by atoms with van der Waals surface area (Å²) < 4.78 is 0. The van der Waals surface area contributed by atoms with E-state index in [0.717, 1.165) is 6.69 Å². The molecule has 0 N–H and O–H groups in total. The Morgan fingerprint density at radius 3 is 1.53 bits per heavy atom. The predicted molar refractivity (Wildman–Crippen MR) is 90.8 cm³/mol. The lowest BCUT2D eigenvalue weighted by molar-refractivity contribution is 0.674. The van der Waals surface area contributed by atoms with E-state index in [1.54, 1.807) is 0 Å². The standard InChI is InChI=1S/C12H10.C4H12BNS/c1-3-7-11(8-4-1)12-9-5-2-6-10-12;1-4-7-5-6(2)3/h1-10H;5H,4H2,1-3H3. The Hall–Kier alpha value is -1.19. The fraction of sp³-hybridized carbons (Fsp3) is 0.250. The summed E-state index contributed by atoms with van der Waals surface area (Å²) in [5, 5.41) is 0. The molecule has 2 rings (SSSR count). The fourth-order valence-electron chi connectivity index (χ4n) is 1.54. The van der Waals surface area contributed by atoms with Crippen LogP contribution in [0.2, 0.25) is 0 Å². The molecule has 0 bridgehead atoms. The molecule has 2 aromatic carbocycles. The number of hydrogen-bond acceptors (Lipinski definition) is 2. The number of benzene rings is 2. The van der Waals surface area contributed by atoms with Gasteiger partial charge in [0.05, 0.1) is 0 Å². The van der Waals surface area contributed by atoms with E-state index in [4.69, 9.17) is 0 Å². The van der Waals surface area contributed by atoms with Gasteiger partial charge in [0.1, 0.15) is 0 Å². The lowest BCUT2D eigenvalue weighted by atomic mass is 10.1. The van der Waals surface area contributed by atoms with Gasteiger partial charge >= 0.3 is 0 Å². The largest absolute Gasteiger partial charge is 0.341 e. The van der Waals surface area contributed by atoms with Crippen molar-refractivity contribution in [2.45, 2.75) is 6.92 Å². The third-order valence-corrected chi connectivity index (χ3v) is 3.54. The van der Waals surface area contributed by atoms with E-state index in [-0.39, 0.29) is 0 Å². The third-order valence-electron chi connectivity index (χ3n) is 2.43. The van der Waals surface area contributed by atoms with Crippen molar-refractivity contribution in [3.63, 3.8) is 0 Å². The maximum absolute atomic E-state index is 2.17. The van der Waals surface area contributed by atoms with Crippen LogP contribution in [0, 0.1) is 0 Å². The van der Waals surface area contributed by atoms with Gasteiger partial charge in [0.2, 0.25) is 0 Å². The summed E-state index contributed by atoms with van der Waals surface area (Å²) in [6, 6.07) is 20.8. The maximum atomic E-state index is 2.17. The van der Waals surface area contributed by atoms with Gasteiger partial charge in [-0.3, -0.25) is 0 Å². The van der Waals surface area contributed by atoms with Crippen LogP contribution in [-0.2, 0) is 0 Å². The molecular weight excluding hydrogens is 249 g/mol. The molecule has 0 aliphatic carbocycles. The molecule has 2 aromatic rings. The lowest BCUT2D eigenvalue weighted by Gasteiger charge is -2.03. The first-order valence-corrected chi connectivity index (χ1v) is 7.72. The molecule has 0 fully saturated rings. The van der Waals surface area contributed by atoms with Gasteiger partial charge in [0, 0.05) is 0 Å². The van der Waals surface area contributed by atoms with Gasteiger partial charge in [0.25, 0.3) is 6.69 Å². The van der Waals surface area contributed by atoms with E-state index in [0.29, 0.717) is 0 Å². The van der Waals surface area contributed by atoms with Crippen LogP contribution in [0.15, 0.2) is 60.7 Å². The van der Waals surface area contributed by atoms with Gasteiger partial charge in [-0.25, -0.2) is 0 Å². The smallest absolute Gasteiger partial charge is 0.272 e. The highest BCUT2D eigenvalue weighted by molar-refractivity contribution is 8.22. The third kappa shape index (κ3) is 7.09. The van der Waals surface area contributed by atoms with Crippen molar-refractivity contribution < 1.29 is 0 Å². The molecule has 0 amide bonds. The van der Waals surface area contributed by atoms with Gasteiger partial charge in [-0.1, -0.05) is 67.6 Å². The molecule has 0 atom stereocenters. The monoisotopic (exact) mass is 271 g/mol. The number of hydrogen-bond donors (Lipinski definition) is 0. The lowest BCUT2D eigenvalue weighted by Crippen LogP contribution is -2.13. The molecule has 1 nitrogen and oxygen atoms in total. The summed E-state index contributed by atoms with van der Waals surface area (Å²) in [5.74, 6) is 1.22. The van der Waals surface area contributed by atoms with E-state index < -0.39 is 0 Å². The van der Waals surface area contributed by atoms with Crippen LogP contribution in [0.3, 0.4) is 0 Å². The Bertz CT molecular complexity index is 394. The van der Waals surface area contributed by atoms with E-state index in [1.165, 1.54) is 16.9 Å². The number of rotatable bonds is 4. The van der Waals surface area contributed by atoms with Crippen molar-refractivity contribution in [3.05, 3.63) is 60.7 Å². The van der Waals surface area contributed by atoms with Crippen molar-refractivity contribution in [2.24, 2.45) is 0 Å². The zero-order chi connectivity index (χ0) is 13.9. The summed E-state index contributed by atoms with van der Waals surface area (Å²) in [7, 11) is 4.17. The molecule has 0 heterocycles. The van der Waals surface area contributed by atoms with Crippen molar-refractivity contribution >= 4 is 18.3 Å². The van der Waals surface area contributed by atoms with Crippen LogP contribution in [-0.4, -0.2) is 31.4 Å². The Balaban J connectivity index is 0.000000224. The molecular formula is C16H22BNS. The van der Waals surface area contributed by atoms with Gasteiger partial charge < -0.3 is 4.81 Å². The van der Waals surface area contributed by atoms with Crippen molar-refractivity contribution in [1.82, 2.24) is 4.81 Å². The summed E-state index contributed by atoms with van der Waals surface area (Å²) in [6.07, 6.45) is 0. The Labute approximate surface area is 122 Å². The van der Waals surface area contributed by atoms with E-state index in [9.17, 15) is 0 Å². The van der Waals surface area contributed by atoms with Gasteiger partial charge in [-0.05, 0) is 31.0 Å². The molecule has 3 heteroatoms. The number of nitrogens with zero attached hydrogens (tertiary/aromatic N) is 1. The molecule has 0 aliphatic heterocycles. The highest BCUT2D eigenvalue weighted by atomic mass is 32.2. The normalized spacial score (nSPS) is 9.68. The van der Waals surface area contributed by atoms with Crippen LogP contribution in [0.5, 0.6) is 0 Å². The van der Waals surface area contributed by atoms with Crippen LogP contribution in [0.1, 0.15) is 6.92 Å². The van der Waals surface area contributed by atoms with E-state index in [2.05, 4.69) is 74.4 Å². The highest BCUT2D eigenvalue weighted by Gasteiger charge is 1.91. The van der Waals surface area contributed by atoms with E-state index >= 15 is 0 Å². The topological polar surface area (TPSA) is 3.24 Å². The average molecular weight is 271 g/mol. The van der Waals surface area contributed by atoms with E-state index in [1.807, 2.05) is 23.7 Å². The van der Waals surface area contributed by atoms with Crippen LogP contribution in [0.4, 0.5) is 0 Å². The second kappa shape index (κ2) is 9.71. The van der Waals surface area contributed by atoms with Crippen molar-refractivity contribution in [2.75, 3.05) is 19.8 Å². The van der Waals surface area contributed by atoms with Gasteiger partial charge in [-0.15, -0.1) is 0 Å². The quantitative estimate of drug-likeness (QED) is 0.775. The second-order valence-corrected chi connectivity index (χ2v) is 5.68.